The number of benzene rings is 2. The third-order valence-corrected chi connectivity index (χ3v) is 4.49. The molecule has 0 spiro atoms. The molecule has 6 heteroatoms. The first-order valence-electron chi connectivity index (χ1n) is 7.20. The van der Waals surface area contributed by atoms with Gasteiger partial charge in [0.25, 0.3) is 11.8 Å². The van der Waals surface area contributed by atoms with Crippen LogP contribution in [0.15, 0.2) is 58.6 Å². The van der Waals surface area contributed by atoms with Crippen LogP contribution in [0.2, 0.25) is 0 Å². The Labute approximate surface area is 153 Å². The number of aryl methyl sites for hydroxylation is 1. The van der Waals surface area contributed by atoms with Crippen LogP contribution in [0, 0.1) is 6.92 Å². The summed E-state index contributed by atoms with van der Waals surface area (Å²) in [5.74, 6) is -0.920. The van der Waals surface area contributed by atoms with Crippen molar-refractivity contribution in [2.75, 3.05) is 4.90 Å². The third-order valence-electron chi connectivity index (χ3n) is 3.67. The molecule has 120 valence electrons. The highest BCUT2D eigenvalue weighted by Crippen LogP contribution is 2.24. The van der Waals surface area contributed by atoms with E-state index in [1.165, 1.54) is 4.90 Å². The summed E-state index contributed by atoms with van der Waals surface area (Å²) in [6.45, 7) is 1.93. The molecular formula is C18H13BrN2O2S. The molecule has 1 fully saturated rings. The van der Waals surface area contributed by atoms with Gasteiger partial charge in [-0.3, -0.25) is 19.8 Å². The number of halogens is 1. The fraction of sp³-hybridized carbons (Fsp3) is 0.0556. The van der Waals surface area contributed by atoms with Crippen LogP contribution in [0.3, 0.4) is 0 Å². The van der Waals surface area contributed by atoms with Gasteiger partial charge in [0.2, 0.25) is 0 Å². The van der Waals surface area contributed by atoms with Gasteiger partial charge in [-0.2, -0.15) is 0 Å². The highest BCUT2D eigenvalue weighted by atomic mass is 79.9. The molecule has 0 radical (unpaired) electrons. The molecule has 2 aromatic rings. The van der Waals surface area contributed by atoms with Gasteiger partial charge in [0.15, 0.2) is 5.11 Å². The van der Waals surface area contributed by atoms with Crippen molar-refractivity contribution in [3.05, 3.63) is 69.7 Å². The monoisotopic (exact) mass is 400 g/mol. The first-order valence-corrected chi connectivity index (χ1v) is 8.40. The van der Waals surface area contributed by atoms with Gasteiger partial charge in [-0.25, -0.2) is 0 Å². The van der Waals surface area contributed by atoms with Gasteiger partial charge >= 0.3 is 0 Å². The third kappa shape index (κ3) is 3.16. The Hall–Kier alpha value is -2.31. The molecule has 4 nitrogen and oxygen atoms in total. The zero-order valence-electron chi connectivity index (χ0n) is 12.7. The summed E-state index contributed by atoms with van der Waals surface area (Å²) in [6, 6.07) is 14.7. The Morgan fingerprint density at radius 3 is 2.42 bits per heavy atom. The van der Waals surface area contributed by atoms with Gasteiger partial charge in [0.05, 0.1) is 5.69 Å². The molecule has 1 saturated heterocycles. The second-order valence-corrected chi connectivity index (χ2v) is 6.59. The maximum atomic E-state index is 12.8. The standard InChI is InChI=1S/C18H13BrN2O2S/c1-11-4-2-3-5-12(11)10-15-16(22)20-18(24)21(17(15)23)14-8-6-13(19)7-9-14/h2-10H,1H3,(H,20,22,24)/b15-10-. The van der Waals surface area contributed by atoms with Crippen LogP contribution in [0.5, 0.6) is 0 Å². The molecule has 2 aromatic carbocycles. The minimum atomic E-state index is -0.485. The van der Waals surface area contributed by atoms with Crippen LogP contribution >= 0.6 is 28.1 Å². The Bertz CT molecular complexity index is 875. The van der Waals surface area contributed by atoms with Crippen LogP contribution in [0.4, 0.5) is 5.69 Å². The number of nitrogens with zero attached hydrogens (tertiary/aromatic N) is 1. The van der Waals surface area contributed by atoms with E-state index in [2.05, 4.69) is 21.2 Å². The lowest BCUT2D eigenvalue weighted by atomic mass is 10.0. The Balaban J connectivity index is 2.03. The molecule has 0 bridgehead atoms. The van der Waals surface area contributed by atoms with Gasteiger partial charge in [-0.05, 0) is 60.6 Å². The van der Waals surface area contributed by atoms with E-state index >= 15 is 0 Å². The van der Waals surface area contributed by atoms with Crippen LogP contribution < -0.4 is 10.2 Å². The number of hydrogen-bond donors (Lipinski definition) is 1. The van der Waals surface area contributed by atoms with Crippen LogP contribution in [-0.2, 0) is 9.59 Å². The predicted octanol–water partition coefficient (Wildman–Crippen LogP) is 3.59. The highest BCUT2D eigenvalue weighted by molar-refractivity contribution is 9.10. The van der Waals surface area contributed by atoms with Crippen molar-refractivity contribution in [1.82, 2.24) is 5.32 Å². The number of rotatable bonds is 2. The molecular weight excluding hydrogens is 388 g/mol. The molecule has 24 heavy (non-hydrogen) atoms. The summed E-state index contributed by atoms with van der Waals surface area (Å²) in [4.78, 5) is 26.4. The lowest BCUT2D eigenvalue weighted by Crippen LogP contribution is -2.54. The van der Waals surface area contributed by atoms with E-state index in [9.17, 15) is 9.59 Å². The molecule has 0 saturated carbocycles. The maximum absolute atomic E-state index is 12.8. The summed E-state index contributed by atoms with van der Waals surface area (Å²) in [5.41, 5.74) is 2.46. The van der Waals surface area contributed by atoms with E-state index in [1.54, 1.807) is 18.2 Å². The van der Waals surface area contributed by atoms with Crippen molar-refractivity contribution in [3.8, 4) is 0 Å². The number of thiocarbonyl (C=S) groups is 1. The highest BCUT2D eigenvalue weighted by Gasteiger charge is 2.34. The van der Waals surface area contributed by atoms with E-state index in [0.29, 0.717) is 5.69 Å². The molecule has 0 atom stereocenters. The average Bonchev–Trinajstić information content (AvgIpc) is 2.54. The van der Waals surface area contributed by atoms with E-state index in [4.69, 9.17) is 12.2 Å². The lowest BCUT2D eigenvalue weighted by Gasteiger charge is -2.29. The van der Waals surface area contributed by atoms with Crippen LogP contribution in [0.1, 0.15) is 11.1 Å². The second kappa shape index (κ2) is 6.67. The van der Waals surface area contributed by atoms with Crippen molar-refractivity contribution in [1.29, 1.82) is 0 Å². The molecule has 0 aliphatic carbocycles. The Kier molecular flexibility index (Phi) is 4.59. The summed E-state index contributed by atoms with van der Waals surface area (Å²) in [5, 5.41) is 2.66. The number of hydrogen-bond acceptors (Lipinski definition) is 3. The normalized spacial score (nSPS) is 16.5. The number of carbonyl (C=O) groups is 2. The molecule has 1 heterocycles. The smallest absolute Gasteiger partial charge is 0.270 e. The second-order valence-electron chi connectivity index (χ2n) is 5.29. The number of anilines is 1. The van der Waals surface area contributed by atoms with E-state index in [1.807, 2.05) is 43.3 Å². The molecule has 2 amide bonds. The van der Waals surface area contributed by atoms with Gasteiger partial charge in [0, 0.05) is 4.47 Å². The van der Waals surface area contributed by atoms with Gasteiger partial charge in [0.1, 0.15) is 5.57 Å². The SMILES string of the molecule is Cc1ccccc1/C=C1/C(=O)NC(=S)N(c2ccc(Br)cc2)C1=O. The number of nitrogens with one attached hydrogen (secondary N) is 1. The van der Waals surface area contributed by atoms with Crippen LogP contribution in [0.25, 0.3) is 6.08 Å². The van der Waals surface area contributed by atoms with E-state index in [-0.39, 0.29) is 10.7 Å². The predicted molar refractivity (Wildman–Crippen MR) is 102 cm³/mol. The van der Waals surface area contributed by atoms with Crippen LogP contribution in [-0.4, -0.2) is 16.9 Å². The summed E-state index contributed by atoms with van der Waals surface area (Å²) in [7, 11) is 0. The van der Waals surface area contributed by atoms with E-state index < -0.39 is 11.8 Å². The summed E-state index contributed by atoms with van der Waals surface area (Å²) in [6.07, 6.45) is 1.60. The van der Waals surface area contributed by atoms with Crippen molar-refractivity contribution < 1.29 is 9.59 Å². The van der Waals surface area contributed by atoms with Crippen molar-refractivity contribution in [2.24, 2.45) is 0 Å². The fourth-order valence-electron chi connectivity index (χ4n) is 2.39. The van der Waals surface area contributed by atoms with Gasteiger partial charge in [-0.1, -0.05) is 40.2 Å². The minimum Gasteiger partial charge on any atom is -0.298 e. The van der Waals surface area contributed by atoms with Crippen molar-refractivity contribution in [3.63, 3.8) is 0 Å². The molecule has 1 aliphatic heterocycles. The summed E-state index contributed by atoms with van der Waals surface area (Å²) < 4.78 is 0.890. The Morgan fingerprint density at radius 2 is 1.75 bits per heavy atom. The van der Waals surface area contributed by atoms with Crippen molar-refractivity contribution in [2.45, 2.75) is 6.92 Å². The largest absolute Gasteiger partial charge is 0.298 e. The van der Waals surface area contributed by atoms with Gasteiger partial charge in [-0.15, -0.1) is 0 Å². The zero-order chi connectivity index (χ0) is 17.3. The maximum Gasteiger partial charge on any atom is 0.270 e. The quantitative estimate of drug-likeness (QED) is 0.476. The molecule has 0 unspecified atom stereocenters. The average molecular weight is 401 g/mol. The zero-order valence-corrected chi connectivity index (χ0v) is 15.1. The minimum absolute atomic E-state index is 0.0563. The molecule has 3 rings (SSSR count). The topological polar surface area (TPSA) is 49.4 Å². The van der Waals surface area contributed by atoms with Crippen molar-refractivity contribution >= 4 is 56.8 Å². The van der Waals surface area contributed by atoms with Gasteiger partial charge < -0.3 is 0 Å². The molecule has 0 aromatic heterocycles. The first kappa shape index (κ1) is 16.5. The summed E-state index contributed by atoms with van der Waals surface area (Å²) >= 11 is 8.53. The number of amides is 2. The lowest BCUT2D eigenvalue weighted by molar-refractivity contribution is -0.122. The number of carbonyl (C=O) groups excluding carboxylic acids is 2. The molecule has 1 aliphatic rings. The van der Waals surface area contributed by atoms with E-state index in [0.717, 1.165) is 15.6 Å². The first-order chi connectivity index (χ1) is 11.5. The molecule has 1 N–H and O–H groups in total. The Morgan fingerprint density at radius 1 is 1.08 bits per heavy atom. The fourth-order valence-corrected chi connectivity index (χ4v) is 2.93.